The van der Waals surface area contributed by atoms with Crippen LogP contribution in [0.25, 0.3) is 11.1 Å². The molecule has 0 aromatic heterocycles. The summed E-state index contributed by atoms with van der Waals surface area (Å²) in [7, 11) is -3.54. The largest absolute Gasteiger partial charge is 0.322 e. The van der Waals surface area contributed by atoms with Gasteiger partial charge in [0.1, 0.15) is 5.82 Å². The van der Waals surface area contributed by atoms with E-state index >= 15 is 0 Å². The molecular formula is C24H23FN2O3S. The van der Waals surface area contributed by atoms with Gasteiger partial charge in [0.15, 0.2) is 0 Å². The number of piperidine rings is 1. The molecular weight excluding hydrogens is 415 g/mol. The van der Waals surface area contributed by atoms with Crippen molar-refractivity contribution in [1.29, 1.82) is 0 Å². The summed E-state index contributed by atoms with van der Waals surface area (Å²) in [4.78, 5) is 12.9. The summed E-state index contributed by atoms with van der Waals surface area (Å²) >= 11 is 0. The van der Waals surface area contributed by atoms with Crippen molar-refractivity contribution < 1.29 is 17.6 Å². The van der Waals surface area contributed by atoms with Crippen LogP contribution in [-0.2, 0) is 10.0 Å². The van der Waals surface area contributed by atoms with Gasteiger partial charge in [0.25, 0.3) is 5.91 Å². The normalized spacial score (nSPS) is 14.9. The molecule has 1 heterocycles. The third-order valence-corrected chi connectivity index (χ3v) is 7.31. The van der Waals surface area contributed by atoms with Crippen LogP contribution in [0.2, 0.25) is 0 Å². The smallest absolute Gasteiger partial charge is 0.258 e. The van der Waals surface area contributed by atoms with Gasteiger partial charge in [-0.2, -0.15) is 4.31 Å². The molecule has 1 aliphatic rings. The van der Waals surface area contributed by atoms with Crippen LogP contribution in [0.3, 0.4) is 0 Å². The average Bonchev–Trinajstić information content (AvgIpc) is 2.80. The molecule has 7 heteroatoms. The standard InChI is InChI=1S/C24H23FN2O3S/c25-23-21(18-8-3-1-4-9-18)10-7-11-22(23)24(28)26-19-12-14-20(15-13-19)31(29,30)27-16-5-2-6-17-27/h1,3-4,7-15H,2,5-6,16-17H2,(H,26,28). The average molecular weight is 439 g/mol. The van der Waals surface area contributed by atoms with E-state index < -0.39 is 21.7 Å². The lowest BCUT2D eigenvalue weighted by atomic mass is 10.0. The first-order valence-electron chi connectivity index (χ1n) is 10.2. The Morgan fingerprint density at radius 1 is 0.839 bits per heavy atom. The number of hydrogen-bond acceptors (Lipinski definition) is 3. The second-order valence-corrected chi connectivity index (χ2v) is 9.41. The number of hydrogen-bond donors (Lipinski definition) is 1. The lowest BCUT2D eigenvalue weighted by Gasteiger charge is -2.25. The van der Waals surface area contributed by atoms with E-state index in [-0.39, 0.29) is 10.5 Å². The molecule has 0 radical (unpaired) electrons. The van der Waals surface area contributed by atoms with E-state index in [1.807, 2.05) is 6.07 Å². The van der Waals surface area contributed by atoms with Crippen molar-refractivity contribution in [1.82, 2.24) is 4.31 Å². The third kappa shape index (κ3) is 4.52. The third-order valence-electron chi connectivity index (χ3n) is 5.39. The summed E-state index contributed by atoms with van der Waals surface area (Å²) < 4.78 is 42.0. The van der Waals surface area contributed by atoms with Crippen LogP contribution in [0, 0.1) is 5.82 Å². The Bertz CT molecular complexity index is 1170. The van der Waals surface area contributed by atoms with Gasteiger partial charge >= 0.3 is 0 Å². The number of carbonyl (C=O) groups excluding carboxylic acids is 1. The molecule has 0 saturated carbocycles. The molecule has 1 amide bonds. The van der Waals surface area contributed by atoms with E-state index in [1.54, 1.807) is 36.4 Å². The van der Waals surface area contributed by atoms with Crippen molar-refractivity contribution in [2.45, 2.75) is 24.2 Å². The maximum absolute atomic E-state index is 15.0. The highest BCUT2D eigenvalue weighted by Crippen LogP contribution is 2.26. The molecule has 1 fully saturated rings. The molecule has 0 bridgehead atoms. The maximum atomic E-state index is 15.0. The lowest BCUT2D eigenvalue weighted by molar-refractivity contribution is 0.102. The zero-order valence-electron chi connectivity index (χ0n) is 16.9. The summed E-state index contributed by atoms with van der Waals surface area (Å²) in [6, 6.07) is 19.7. The maximum Gasteiger partial charge on any atom is 0.258 e. The molecule has 4 rings (SSSR count). The van der Waals surface area contributed by atoms with E-state index in [1.165, 1.54) is 34.6 Å². The molecule has 160 valence electrons. The first-order chi connectivity index (χ1) is 15.0. The second-order valence-electron chi connectivity index (χ2n) is 7.48. The summed E-state index contributed by atoms with van der Waals surface area (Å²) in [5, 5.41) is 2.65. The van der Waals surface area contributed by atoms with Crippen LogP contribution in [0.1, 0.15) is 29.6 Å². The Morgan fingerprint density at radius 2 is 1.52 bits per heavy atom. The Morgan fingerprint density at radius 3 is 2.19 bits per heavy atom. The first-order valence-corrected chi connectivity index (χ1v) is 11.7. The zero-order valence-corrected chi connectivity index (χ0v) is 17.7. The van der Waals surface area contributed by atoms with Gasteiger partial charge in [0.05, 0.1) is 10.5 Å². The minimum absolute atomic E-state index is 0.0774. The number of carbonyl (C=O) groups is 1. The molecule has 1 aliphatic heterocycles. The van der Waals surface area contributed by atoms with Crippen LogP contribution < -0.4 is 5.32 Å². The zero-order chi connectivity index (χ0) is 21.8. The van der Waals surface area contributed by atoms with Gasteiger partial charge in [0, 0.05) is 24.3 Å². The van der Waals surface area contributed by atoms with Gasteiger partial charge in [-0.25, -0.2) is 12.8 Å². The summed E-state index contributed by atoms with van der Waals surface area (Å²) in [5.41, 5.74) is 1.34. The predicted molar refractivity (Wildman–Crippen MR) is 119 cm³/mol. The fourth-order valence-electron chi connectivity index (χ4n) is 3.71. The van der Waals surface area contributed by atoms with Crippen LogP contribution in [0.4, 0.5) is 10.1 Å². The quantitative estimate of drug-likeness (QED) is 0.615. The van der Waals surface area contributed by atoms with Gasteiger partial charge in [-0.3, -0.25) is 4.79 Å². The van der Waals surface area contributed by atoms with Gasteiger partial charge in [-0.1, -0.05) is 48.9 Å². The van der Waals surface area contributed by atoms with Crippen molar-refractivity contribution in [3.63, 3.8) is 0 Å². The first kappa shape index (κ1) is 21.2. The number of halogens is 1. The molecule has 31 heavy (non-hydrogen) atoms. The molecule has 3 aromatic rings. The Balaban J connectivity index is 1.52. The van der Waals surface area contributed by atoms with E-state index in [4.69, 9.17) is 0 Å². The van der Waals surface area contributed by atoms with Crippen molar-refractivity contribution in [2.75, 3.05) is 18.4 Å². The Hall–Kier alpha value is -3.03. The number of rotatable bonds is 5. The van der Waals surface area contributed by atoms with E-state index in [0.29, 0.717) is 29.9 Å². The van der Waals surface area contributed by atoms with Crippen molar-refractivity contribution in [2.24, 2.45) is 0 Å². The van der Waals surface area contributed by atoms with Gasteiger partial charge in [-0.15, -0.1) is 0 Å². The number of benzene rings is 3. The number of sulfonamides is 1. The number of nitrogens with one attached hydrogen (secondary N) is 1. The second kappa shape index (κ2) is 8.99. The van der Waals surface area contributed by atoms with Crippen LogP contribution >= 0.6 is 0 Å². The molecule has 5 nitrogen and oxygen atoms in total. The van der Waals surface area contributed by atoms with E-state index in [9.17, 15) is 17.6 Å². The van der Waals surface area contributed by atoms with Gasteiger partial charge in [0.2, 0.25) is 10.0 Å². The summed E-state index contributed by atoms with van der Waals surface area (Å²) in [5.74, 6) is -1.20. The molecule has 1 N–H and O–H groups in total. The Kier molecular flexibility index (Phi) is 6.15. The van der Waals surface area contributed by atoms with Gasteiger partial charge < -0.3 is 5.32 Å². The number of nitrogens with zero attached hydrogens (tertiary/aromatic N) is 1. The molecule has 3 aromatic carbocycles. The highest BCUT2D eigenvalue weighted by Gasteiger charge is 2.25. The fourth-order valence-corrected chi connectivity index (χ4v) is 5.23. The van der Waals surface area contributed by atoms with Crippen molar-refractivity contribution in [3.05, 3.63) is 84.2 Å². The summed E-state index contributed by atoms with van der Waals surface area (Å²) in [6.45, 7) is 1.05. The minimum Gasteiger partial charge on any atom is -0.322 e. The van der Waals surface area contributed by atoms with Crippen molar-refractivity contribution in [3.8, 4) is 11.1 Å². The lowest BCUT2D eigenvalue weighted by Crippen LogP contribution is -2.35. The highest BCUT2D eigenvalue weighted by molar-refractivity contribution is 7.89. The van der Waals surface area contributed by atoms with Crippen LogP contribution in [0.5, 0.6) is 0 Å². The monoisotopic (exact) mass is 438 g/mol. The number of anilines is 1. The minimum atomic E-state index is -3.54. The fraction of sp³-hybridized carbons (Fsp3) is 0.208. The molecule has 0 unspecified atom stereocenters. The Labute approximate surface area is 181 Å². The SMILES string of the molecule is O=C(Nc1ccc(S(=O)(=O)N2CCCCC2)cc1)c1cccc(-c2ccccc2)c1F. The molecule has 0 spiro atoms. The molecule has 0 aliphatic carbocycles. The van der Waals surface area contributed by atoms with E-state index in [0.717, 1.165) is 19.3 Å². The molecule has 1 saturated heterocycles. The topological polar surface area (TPSA) is 66.5 Å². The van der Waals surface area contributed by atoms with E-state index in [2.05, 4.69) is 5.32 Å². The van der Waals surface area contributed by atoms with Crippen LogP contribution in [0.15, 0.2) is 77.7 Å². The summed E-state index contributed by atoms with van der Waals surface area (Å²) in [6.07, 6.45) is 2.76. The van der Waals surface area contributed by atoms with Crippen LogP contribution in [-0.4, -0.2) is 31.7 Å². The predicted octanol–water partition coefficient (Wildman–Crippen LogP) is 4.92. The number of amides is 1. The van der Waals surface area contributed by atoms with Crippen molar-refractivity contribution >= 4 is 21.6 Å². The van der Waals surface area contributed by atoms with Gasteiger partial charge in [-0.05, 0) is 48.7 Å². The highest BCUT2D eigenvalue weighted by atomic mass is 32.2. The molecule has 0 atom stereocenters.